The Labute approximate surface area is 172 Å². The summed E-state index contributed by atoms with van der Waals surface area (Å²) in [6, 6.07) is 13.5. The minimum Gasteiger partial charge on any atom is -0.484 e. The van der Waals surface area contributed by atoms with Crippen LogP contribution in [-0.2, 0) is 11.3 Å². The minimum atomic E-state index is -4.40. The summed E-state index contributed by atoms with van der Waals surface area (Å²) in [4.78, 5) is 24.7. The molecule has 0 unspecified atom stereocenters. The van der Waals surface area contributed by atoms with Crippen molar-refractivity contribution in [2.75, 3.05) is 11.9 Å². The van der Waals surface area contributed by atoms with Crippen molar-refractivity contribution in [1.82, 2.24) is 10.6 Å². The van der Waals surface area contributed by atoms with Gasteiger partial charge < -0.3 is 20.7 Å². The van der Waals surface area contributed by atoms with Crippen LogP contribution >= 0.6 is 0 Å². The largest absolute Gasteiger partial charge is 0.484 e. The first-order valence-corrected chi connectivity index (χ1v) is 9.33. The molecule has 0 spiro atoms. The van der Waals surface area contributed by atoms with E-state index in [1.807, 2.05) is 6.07 Å². The number of amides is 3. The van der Waals surface area contributed by atoms with Gasteiger partial charge in [0.25, 0.3) is 0 Å². The molecule has 0 aliphatic rings. The van der Waals surface area contributed by atoms with Gasteiger partial charge in [-0.3, -0.25) is 4.79 Å². The van der Waals surface area contributed by atoms with Crippen LogP contribution in [0.15, 0.2) is 54.6 Å². The summed E-state index contributed by atoms with van der Waals surface area (Å²) in [6.07, 6.45) is -4.40. The van der Waals surface area contributed by atoms with Gasteiger partial charge in [-0.1, -0.05) is 44.2 Å². The quantitative estimate of drug-likeness (QED) is 0.598. The van der Waals surface area contributed by atoms with Crippen LogP contribution in [0.5, 0.6) is 5.75 Å². The number of nitrogens with one attached hydrogen (secondary N) is 3. The molecule has 0 saturated carbocycles. The third-order valence-electron chi connectivity index (χ3n) is 4.06. The van der Waals surface area contributed by atoms with Crippen LogP contribution in [0.4, 0.5) is 23.7 Å². The van der Waals surface area contributed by atoms with Crippen molar-refractivity contribution in [2.45, 2.75) is 32.6 Å². The molecule has 2 rings (SSSR count). The molecule has 162 valence electrons. The number of hydrogen-bond acceptors (Lipinski definition) is 3. The average molecular weight is 423 g/mol. The molecule has 0 heterocycles. The topological polar surface area (TPSA) is 79.5 Å². The van der Waals surface area contributed by atoms with Crippen molar-refractivity contribution in [2.24, 2.45) is 5.92 Å². The van der Waals surface area contributed by atoms with E-state index >= 15 is 0 Å². The second-order valence-electron chi connectivity index (χ2n) is 6.95. The molecule has 9 heteroatoms. The summed E-state index contributed by atoms with van der Waals surface area (Å²) in [7, 11) is 0. The molecule has 1 atom stereocenters. The summed E-state index contributed by atoms with van der Waals surface area (Å²) >= 11 is 0. The van der Waals surface area contributed by atoms with E-state index in [9.17, 15) is 22.8 Å². The highest BCUT2D eigenvalue weighted by molar-refractivity contribution is 5.93. The van der Waals surface area contributed by atoms with E-state index in [0.29, 0.717) is 11.3 Å². The second kappa shape index (κ2) is 10.5. The van der Waals surface area contributed by atoms with E-state index in [4.69, 9.17) is 0 Å². The molecule has 3 amide bonds. The number of benzene rings is 2. The first-order chi connectivity index (χ1) is 14.1. The lowest BCUT2D eigenvalue weighted by molar-refractivity contribution is -0.153. The Morgan fingerprint density at radius 3 is 2.20 bits per heavy atom. The molecule has 0 saturated heterocycles. The Kier molecular flexibility index (Phi) is 8.08. The van der Waals surface area contributed by atoms with Crippen molar-refractivity contribution in [3.05, 3.63) is 60.2 Å². The highest BCUT2D eigenvalue weighted by Crippen LogP contribution is 2.19. The summed E-state index contributed by atoms with van der Waals surface area (Å²) in [5.74, 6) is -0.447. The van der Waals surface area contributed by atoms with Gasteiger partial charge in [-0.2, -0.15) is 13.2 Å². The predicted molar refractivity (Wildman–Crippen MR) is 107 cm³/mol. The summed E-state index contributed by atoms with van der Waals surface area (Å²) in [6.45, 7) is 2.40. The Morgan fingerprint density at radius 1 is 1.00 bits per heavy atom. The van der Waals surface area contributed by atoms with Crippen molar-refractivity contribution >= 4 is 17.6 Å². The molecular formula is C21H24F3N3O3. The smallest absolute Gasteiger partial charge is 0.422 e. The van der Waals surface area contributed by atoms with Crippen LogP contribution in [0.25, 0.3) is 0 Å². The fourth-order valence-corrected chi connectivity index (χ4v) is 2.53. The van der Waals surface area contributed by atoms with Gasteiger partial charge >= 0.3 is 12.2 Å². The lowest BCUT2D eigenvalue weighted by Crippen LogP contribution is -2.50. The maximum absolute atomic E-state index is 12.5. The number of urea groups is 1. The van der Waals surface area contributed by atoms with E-state index in [1.165, 1.54) is 12.1 Å². The molecule has 6 nitrogen and oxygen atoms in total. The van der Waals surface area contributed by atoms with Gasteiger partial charge in [0, 0.05) is 12.2 Å². The van der Waals surface area contributed by atoms with E-state index in [0.717, 1.165) is 0 Å². The van der Waals surface area contributed by atoms with E-state index in [2.05, 4.69) is 20.7 Å². The zero-order valence-corrected chi connectivity index (χ0v) is 16.6. The van der Waals surface area contributed by atoms with Crippen molar-refractivity contribution in [3.63, 3.8) is 0 Å². The Hall–Kier alpha value is -3.23. The molecule has 0 aliphatic carbocycles. The SMILES string of the molecule is CC(C)[C@H](NC(=O)Nc1ccccc1)C(=O)NCc1ccc(OCC(F)(F)F)cc1. The summed E-state index contributed by atoms with van der Waals surface area (Å²) in [5.41, 5.74) is 1.28. The van der Waals surface area contributed by atoms with E-state index in [-0.39, 0.29) is 24.1 Å². The lowest BCUT2D eigenvalue weighted by Gasteiger charge is -2.22. The lowest BCUT2D eigenvalue weighted by atomic mass is 10.0. The predicted octanol–water partition coefficient (Wildman–Crippen LogP) is 4.09. The van der Waals surface area contributed by atoms with Gasteiger partial charge in [0.05, 0.1) is 0 Å². The molecule has 0 radical (unpaired) electrons. The van der Waals surface area contributed by atoms with Gasteiger partial charge in [-0.15, -0.1) is 0 Å². The van der Waals surface area contributed by atoms with Crippen molar-refractivity contribution in [1.29, 1.82) is 0 Å². The molecule has 30 heavy (non-hydrogen) atoms. The number of alkyl halides is 3. The number of anilines is 1. The van der Waals surface area contributed by atoms with Gasteiger partial charge in [-0.25, -0.2) is 4.79 Å². The Balaban J connectivity index is 1.86. The van der Waals surface area contributed by atoms with Gasteiger partial charge in [0.15, 0.2) is 6.61 Å². The first kappa shape index (κ1) is 23.1. The molecule has 0 fully saturated rings. The van der Waals surface area contributed by atoms with Crippen LogP contribution in [0.2, 0.25) is 0 Å². The van der Waals surface area contributed by atoms with E-state index in [1.54, 1.807) is 50.2 Å². The van der Waals surface area contributed by atoms with Crippen LogP contribution in [-0.4, -0.2) is 30.8 Å². The Bertz CT molecular complexity index is 825. The summed E-state index contributed by atoms with van der Waals surface area (Å²) in [5, 5.41) is 8.04. The maximum atomic E-state index is 12.5. The number of hydrogen-bond donors (Lipinski definition) is 3. The molecule has 2 aromatic carbocycles. The number of halogens is 3. The average Bonchev–Trinajstić information content (AvgIpc) is 2.69. The number of carbonyl (C=O) groups excluding carboxylic acids is 2. The summed E-state index contributed by atoms with van der Waals surface area (Å²) < 4.78 is 41.2. The van der Waals surface area contributed by atoms with Crippen LogP contribution in [0, 0.1) is 5.92 Å². The molecule has 2 aromatic rings. The van der Waals surface area contributed by atoms with E-state index < -0.39 is 24.9 Å². The number of para-hydroxylation sites is 1. The first-order valence-electron chi connectivity index (χ1n) is 9.33. The van der Waals surface area contributed by atoms with Gasteiger partial charge in [-0.05, 0) is 35.7 Å². The van der Waals surface area contributed by atoms with Crippen LogP contribution in [0.3, 0.4) is 0 Å². The number of carbonyl (C=O) groups is 2. The fraction of sp³-hybridized carbons (Fsp3) is 0.333. The normalized spacial score (nSPS) is 12.2. The number of rotatable bonds is 8. The van der Waals surface area contributed by atoms with Gasteiger partial charge in [0.2, 0.25) is 5.91 Å². The molecule has 3 N–H and O–H groups in total. The zero-order valence-electron chi connectivity index (χ0n) is 16.6. The van der Waals surface area contributed by atoms with Crippen molar-refractivity contribution < 1.29 is 27.5 Å². The zero-order chi connectivity index (χ0) is 22.1. The number of ether oxygens (including phenoxy) is 1. The monoisotopic (exact) mass is 423 g/mol. The molecule has 0 aromatic heterocycles. The van der Waals surface area contributed by atoms with Crippen LogP contribution < -0.4 is 20.7 Å². The molecular weight excluding hydrogens is 399 g/mol. The molecule has 0 bridgehead atoms. The van der Waals surface area contributed by atoms with Crippen LogP contribution in [0.1, 0.15) is 19.4 Å². The minimum absolute atomic E-state index is 0.0849. The maximum Gasteiger partial charge on any atom is 0.422 e. The fourth-order valence-electron chi connectivity index (χ4n) is 2.53. The molecule has 0 aliphatic heterocycles. The van der Waals surface area contributed by atoms with Gasteiger partial charge in [0.1, 0.15) is 11.8 Å². The third kappa shape index (κ3) is 8.02. The Morgan fingerprint density at radius 2 is 1.63 bits per heavy atom. The third-order valence-corrected chi connectivity index (χ3v) is 4.06. The standard InChI is InChI=1S/C21H24F3N3O3/c1-14(2)18(27-20(29)26-16-6-4-3-5-7-16)19(28)25-12-15-8-10-17(11-9-15)30-13-21(22,23)24/h3-11,14,18H,12-13H2,1-2H3,(H,25,28)(H2,26,27,29)/t18-/m0/s1. The second-order valence-corrected chi connectivity index (χ2v) is 6.95. The highest BCUT2D eigenvalue weighted by atomic mass is 19.4. The highest BCUT2D eigenvalue weighted by Gasteiger charge is 2.28. The van der Waals surface area contributed by atoms with Crippen molar-refractivity contribution in [3.8, 4) is 5.75 Å².